The molecular weight excluding hydrogens is 240 g/mol. The van der Waals surface area contributed by atoms with E-state index in [-0.39, 0.29) is 6.54 Å². The van der Waals surface area contributed by atoms with E-state index >= 15 is 0 Å². The van der Waals surface area contributed by atoms with Gasteiger partial charge in [0.2, 0.25) is 10.0 Å². The van der Waals surface area contributed by atoms with Crippen molar-refractivity contribution in [1.82, 2.24) is 14.5 Å². The van der Waals surface area contributed by atoms with Crippen molar-refractivity contribution in [3.8, 4) is 0 Å². The van der Waals surface area contributed by atoms with Crippen LogP contribution in [0.5, 0.6) is 0 Å². The van der Waals surface area contributed by atoms with Crippen LogP contribution in [-0.2, 0) is 23.5 Å². The van der Waals surface area contributed by atoms with E-state index in [0.29, 0.717) is 19.4 Å². The van der Waals surface area contributed by atoms with Crippen molar-refractivity contribution in [3.63, 3.8) is 0 Å². The Hall–Kier alpha value is -0.920. The van der Waals surface area contributed by atoms with Gasteiger partial charge in [-0.05, 0) is 18.4 Å². The van der Waals surface area contributed by atoms with Gasteiger partial charge in [-0.2, -0.15) is 5.10 Å². The predicted molar refractivity (Wildman–Crippen MR) is 67.0 cm³/mol. The number of hydrogen-bond acceptors (Lipinski definition) is 4. The highest BCUT2D eigenvalue weighted by atomic mass is 32.2. The second-order valence-electron chi connectivity index (χ2n) is 3.98. The van der Waals surface area contributed by atoms with E-state index in [1.807, 2.05) is 20.2 Å². The lowest BCUT2D eigenvalue weighted by Gasteiger charge is -2.14. The number of aryl methyl sites for hydroxylation is 1. The van der Waals surface area contributed by atoms with E-state index in [0.717, 1.165) is 5.56 Å². The molecule has 0 aliphatic rings. The van der Waals surface area contributed by atoms with Crippen LogP contribution in [0.15, 0.2) is 12.4 Å². The van der Waals surface area contributed by atoms with Gasteiger partial charge in [0.15, 0.2) is 0 Å². The average Bonchev–Trinajstić information content (AvgIpc) is 2.65. The fourth-order valence-electron chi connectivity index (χ4n) is 1.57. The first kappa shape index (κ1) is 14.1. The number of nitrogens with two attached hydrogens (primary N) is 1. The molecule has 0 aliphatic heterocycles. The largest absolute Gasteiger partial charge is 0.329 e. The Morgan fingerprint density at radius 1 is 1.59 bits per heavy atom. The van der Waals surface area contributed by atoms with Crippen LogP contribution in [0.4, 0.5) is 0 Å². The van der Waals surface area contributed by atoms with Gasteiger partial charge in [-0.1, -0.05) is 6.92 Å². The molecule has 17 heavy (non-hydrogen) atoms. The minimum Gasteiger partial charge on any atom is -0.329 e. The maximum atomic E-state index is 11.8. The third kappa shape index (κ3) is 4.10. The van der Waals surface area contributed by atoms with Gasteiger partial charge in [0.25, 0.3) is 0 Å². The summed E-state index contributed by atoms with van der Waals surface area (Å²) in [4.78, 5) is 0. The van der Waals surface area contributed by atoms with Gasteiger partial charge in [-0.15, -0.1) is 0 Å². The Bertz CT molecular complexity index is 437. The highest BCUT2D eigenvalue weighted by Gasteiger charge is 2.21. The minimum absolute atomic E-state index is 0.152. The number of sulfonamides is 1. The maximum Gasteiger partial charge on any atom is 0.215 e. The standard InChI is InChI=1S/C10H20N4O2S/c1-3-10(6-11)17(15,16)13-5-4-9-7-12-14(2)8-9/h7-8,10,13H,3-6,11H2,1-2H3. The first-order chi connectivity index (χ1) is 7.99. The van der Waals surface area contributed by atoms with Gasteiger partial charge in [-0.3, -0.25) is 4.68 Å². The van der Waals surface area contributed by atoms with Crippen molar-refractivity contribution in [2.24, 2.45) is 12.8 Å². The normalized spacial score (nSPS) is 13.8. The monoisotopic (exact) mass is 260 g/mol. The first-order valence-electron chi connectivity index (χ1n) is 5.65. The van der Waals surface area contributed by atoms with Gasteiger partial charge >= 0.3 is 0 Å². The molecule has 0 aromatic carbocycles. The summed E-state index contributed by atoms with van der Waals surface area (Å²) < 4.78 is 27.8. The van der Waals surface area contributed by atoms with E-state index in [1.54, 1.807) is 10.9 Å². The second kappa shape index (κ2) is 6.13. The number of rotatable bonds is 7. The molecule has 0 fully saturated rings. The third-order valence-corrected chi connectivity index (χ3v) is 4.64. The van der Waals surface area contributed by atoms with Crippen molar-refractivity contribution in [1.29, 1.82) is 0 Å². The fourth-order valence-corrected chi connectivity index (χ4v) is 2.88. The molecule has 0 saturated carbocycles. The zero-order valence-corrected chi connectivity index (χ0v) is 11.1. The predicted octanol–water partition coefficient (Wildman–Crippen LogP) is -0.381. The Morgan fingerprint density at radius 2 is 2.29 bits per heavy atom. The van der Waals surface area contributed by atoms with Gasteiger partial charge in [-0.25, -0.2) is 13.1 Å². The van der Waals surface area contributed by atoms with E-state index in [1.165, 1.54) is 0 Å². The van der Waals surface area contributed by atoms with Crippen molar-refractivity contribution in [3.05, 3.63) is 18.0 Å². The Kier molecular flexibility index (Phi) is 5.10. The molecule has 1 atom stereocenters. The summed E-state index contributed by atoms with van der Waals surface area (Å²) in [5.74, 6) is 0. The number of nitrogens with one attached hydrogen (secondary N) is 1. The number of hydrogen-bond donors (Lipinski definition) is 2. The van der Waals surface area contributed by atoms with Crippen LogP contribution in [0.1, 0.15) is 18.9 Å². The zero-order valence-electron chi connectivity index (χ0n) is 10.3. The van der Waals surface area contributed by atoms with Gasteiger partial charge in [0, 0.05) is 26.3 Å². The lowest BCUT2D eigenvalue weighted by Crippen LogP contribution is -2.39. The molecule has 0 radical (unpaired) electrons. The molecule has 0 amide bonds. The fraction of sp³-hybridized carbons (Fsp3) is 0.700. The van der Waals surface area contributed by atoms with Crippen molar-refractivity contribution in [2.75, 3.05) is 13.1 Å². The summed E-state index contributed by atoms with van der Waals surface area (Å²) in [6.07, 6.45) is 4.76. The molecular formula is C10H20N4O2S. The van der Waals surface area contributed by atoms with Crippen molar-refractivity contribution in [2.45, 2.75) is 25.0 Å². The van der Waals surface area contributed by atoms with Crippen LogP contribution >= 0.6 is 0 Å². The van der Waals surface area contributed by atoms with Gasteiger partial charge < -0.3 is 5.73 Å². The lowest BCUT2D eigenvalue weighted by molar-refractivity contribution is 0.561. The van der Waals surface area contributed by atoms with Gasteiger partial charge in [0.1, 0.15) is 0 Å². The Balaban J connectivity index is 2.45. The van der Waals surface area contributed by atoms with Crippen LogP contribution in [0.25, 0.3) is 0 Å². The highest BCUT2D eigenvalue weighted by molar-refractivity contribution is 7.90. The maximum absolute atomic E-state index is 11.8. The molecule has 0 bridgehead atoms. The van der Waals surface area contributed by atoms with E-state index < -0.39 is 15.3 Å². The van der Waals surface area contributed by atoms with Crippen LogP contribution in [-0.4, -0.2) is 36.5 Å². The topological polar surface area (TPSA) is 90.0 Å². The zero-order chi connectivity index (χ0) is 12.9. The van der Waals surface area contributed by atoms with Crippen molar-refractivity contribution >= 4 is 10.0 Å². The summed E-state index contributed by atoms with van der Waals surface area (Å²) >= 11 is 0. The van der Waals surface area contributed by atoms with Crippen LogP contribution in [0.3, 0.4) is 0 Å². The van der Waals surface area contributed by atoms with E-state index in [2.05, 4.69) is 9.82 Å². The van der Waals surface area contributed by atoms with Crippen LogP contribution < -0.4 is 10.5 Å². The molecule has 98 valence electrons. The molecule has 0 aliphatic carbocycles. The van der Waals surface area contributed by atoms with E-state index in [4.69, 9.17) is 5.73 Å². The summed E-state index contributed by atoms with van der Waals surface area (Å²) in [6, 6.07) is 0. The summed E-state index contributed by atoms with van der Waals surface area (Å²) in [5.41, 5.74) is 6.43. The molecule has 1 rings (SSSR count). The van der Waals surface area contributed by atoms with Crippen molar-refractivity contribution < 1.29 is 8.42 Å². The molecule has 6 nitrogen and oxygen atoms in total. The molecule has 0 spiro atoms. The minimum atomic E-state index is -3.29. The lowest BCUT2D eigenvalue weighted by atomic mass is 10.3. The summed E-state index contributed by atoms with van der Waals surface area (Å²) in [6.45, 7) is 2.35. The third-order valence-electron chi connectivity index (χ3n) is 2.63. The first-order valence-corrected chi connectivity index (χ1v) is 7.20. The average molecular weight is 260 g/mol. The van der Waals surface area contributed by atoms with Crippen LogP contribution in [0, 0.1) is 0 Å². The quantitative estimate of drug-likeness (QED) is 0.699. The Labute approximate surface area is 102 Å². The van der Waals surface area contributed by atoms with E-state index in [9.17, 15) is 8.42 Å². The molecule has 1 heterocycles. The smallest absolute Gasteiger partial charge is 0.215 e. The molecule has 3 N–H and O–H groups in total. The molecule has 7 heteroatoms. The van der Waals surface area contributed by atoms with Crippen LogP contribution in [0.2, 0.25) is 0 Å². The molecule has 1 unspecified atom stereocenters. The second-order valence-corrected chi connectivity index (χ2v) is 6.02. The summed E-state index contributed by atoms with van der Waals surface area (Å²) in [7, 11) is -1.46. The molecule has 1 aromatic heterocycles. The number of nitrogens with zero attached hydrogens (tertiary/aromatic N) is 2. The highest BCUT2D eigenvalue weighted by Crippen LogP contribution is 2.03. The summed E-state index contributed by atoms with van der Waals surface area (Å²) in [5, 5.41) is 3.52. The SMILES string of the molecule is CCC(CN)S(=O)(=O)NCCc1cnn(C)c1. The van der Waals surface area contributed by atoms with Gasteiger partial charge in [0.05, 0.1) is 11.4 Å². The molecule has 1 aromatic rings. The molecule has 0 saturated heterocycles. The number of aromatic nitrogens is 2. The Morgan fingerprint density at radius 3 is 2.76 bits per heavy atom.